The van der Waals surface area contributed by atoms with E-state index in [0.717, 1.165) is 13.1 Å². The number of nitrogens with zero attached hydrogens (tertiary/aromatic N) is 1. The van der Waals surface area contributed by atoms with Crippen LogP contribution < -0.4 is 5.73 Å². The van der Waals surface area contributed by atoms with E-state index in [2.05, 4.69) is 18.7 Å². The van der Waals surface area contributed by atoms with Crippen LogP contribution >= 0.6 is 11.6 Å². The van der Waals surface area contributed by atoms with Crippen molar-refractivity contribution in [2.24, 2.45) is 0 Å². The summed E-state index contributed by atoms with van der Waals surface area (Å²) in [7, 11) is 0. The van der Waals surface area contributed by atoms with E-state index in [1.807, 2.05) is 0 Å². The molecule has 1 fully saturated rings. The van der Waals surface area contributed by atoms with Crippen molar-refractivity contribution in [2.45, 2.75) is 26.0 Å². The van der Waals surface area contributed by atoms with Gasteiger partial charge in [0.1, 0.15) is 12.7 Å². The Balaban J connectivity index is 1.90. The van der Waals surface area contributed by atoms with Crippen LogP contribution in [0.1, 0.15) is 24.2 Å². The molecule has 1 atom stereocenters. The van der Waals surface area contributed by atoms with Crippen LogP contribution in [0.4, 0.5) is 5.69 Å². The lowest BCUT2D eigenvalue weighted by atomic mass is 10.2. The largest absolute Gasteiger partial charge is 0.459 e. The van der Waals surface area contributed by atoms with E-state index in [4.69, 9.17) is 26.8 Å². The first kappa shape index (κ1) is 16.1. The maximum atomic E-state index is 12.0. The fourth-order valence-electron chi connectivity index (χ4n) is 2.26. The third-order valence-electron chi connectivity index (χ3n) is 3.51. The highest BCUT2D eigenvalue weighted by atomic mass is 35.5. The Kier molecular flexibility index (Phi) is 5.45. The van der Waals surface area contributed by atoms with Gasteiger partial charge in [0.15, 0.2) is 0 Å². The van der Waals surface area contributed by atoms with Crippen LogP contribution in [-0.2, 0) is 9.47 Å². The minimum atomic E-state index is -0.474. The minimum Gasteiger partial charge on any atom is -0.459 e. The van der Waals surface area contributed by atoms with Crippen molar-refractivity contribution >= 4 is 23.3 Å². The maximum Gasteiger partial charge on any atom is 0.339 e. The number of nitrogens with two attached hydrogens (primary N) is 1. The lowest BCUT2D eigenvalue weighted by Crippen LogP contribution is -2.47. The molecule has 0 aromatic heterocycles. The molecule has 1 unspecified atom stereocenters. The number of anilines is 1. The number of hydrogen-bond donors (Lipinski definition) is 1. The summed E-state index contributed by atoms with van der Waals surface area (Å²) in [6.45, 7) is 6.81. The first-order valence-corrected chi connectivity index (χ1v) is 7.43. The van der Waals surface area contributed by atoms with Crippen molar-refractivity contribution in [3.05, 3.63) is 28.8 Å². The van der Waals surface area contributed by atoms with E-state index in [-0.39, 0.29) is 18.3 Å². The zero-order valence-electron chi connectivity index (χ0n) is 12.3. The van der Waals surface area contributed by atoms with Crippen molar-refractivity contribution in [2.75, 3.05) is 32.0 Å². The van der Waals surface area contributed by atoms with Crippen LogP contribution in [-0.4, -0.2) is 49.3 Å². The van der Waals surface area contributed by atoms with Crippen molar-refractivity contribution in [3.63, 3.8) is 0 Å². The zero-order valence-corrected chi connectivity index (χ0v) is 13.1. The molecule has 0 spiro atoms. The Bertz CT molecular complexity index is 508. The van der Waals surface area contributed by atoms with Gasteiger partial charge in [0, 0.05) is 24.8 Å². The monoisotopic (exact) mass is 312 g/mol. The summed E-state index contributed by atoms with van der Waals surface area (Å²) in [5, 5.41) is 0.336. The summed E-state index contributed by atoms with van der Waals surface area (Å²) in [6.07, 6.45) is -0.107. The predicted molar refractivity (Wildman–Crippen MR) is 82.6 cm³/mol. The molecule has 116 valence electrons. The van der Waals surface area contributed by atoms with Gasteiger partial charge in [-0.15, -0.1) is 0 Å². The molecule has 1 saturated heterocycles. The highest BCUT2D eigenvalue weighted by Gasteiger charge is 2.24. The number of esters is 1. The molecule has 0 aliphatic carbocycles. The first-order valence-electron chi connectivity index (χ1n) is 7.05. The van der Waals surface area contributed by atoms with Crippen LogP contribution in [0.2, 0.25) is 5.02 Å². The molecule has 0 saturated carbocycles. The Hall–Kier alpha value is -1.30. The van der Waals surface area contributed by atoms with Crippen LogP contribution in [0.5, 0.6) is 0 Å². The van der Waals surface area contributed by atoms with Crippen LogP contribution in [0.15, 0.2) is 18.2 Å². The highest BCUT2D eigenvalue weighted by molar-refractivity contribution is 6.33. The molecule has 2 rings (SSSR count). The molecule has 21 heavy (non-hydrogen) atoms. The fraction of sp³-hybridized carbons (Fsp3) is 0.533. The molecule has 5 nitrogen and oxygen atoms in total. The standard InChI is InChI=1S/C15H21ClN2O3/c1-10(2)18-5-6-20-12(8-18)9-21-15(19)13-7-11(17)3-4-14(13)16/h3-4,7,10,12H,5-6,8-9,17H2,1-2H3. The zero-order chi connectivity index (χ0) is 15.4. The number of morpholine rings is 1. The van der Waals surface area contributed by atoms with Gasteiger partial charge < -0.3 is 15.2 Å². The second kappa shape index (κ2) is 7.11. The van der Waals surface area contributed by atoms with Gasteiger partial charge in [-0.05, 0) is 32.0 Å². The Labute approximate surface area is 130 Å². The van der Waals surface area contributed by atoms with Crippen LogP contribution in [0.3, 0.4) is 0 Å². The molecule has 0 bridgehead atoms. The third-order valence-corrected chi connectivity index (χ3v) is 3.84. The second-order valence-electron chi connectivity index (χ2n) is 5.42. The fourth-order valence-corrected chi connectivity index (χ4v) is 2.45. The highest BCUT2D eigenvalue weighted by Crippen LogP contribution is 2.20. The Morgan fingerprint density at radius 2 is 2.33 bits per heavy atom. The van der Waals surface area contributed by atoms with Crippen LogP contribution in [0, 0.1) is 0 Å². The molecule has 2 N–H and O–H groups in total. The van der Waals surface area contributed by atoms with Gasteiger partial charge in [-0.3, -0.25) is 4.90 Å². The van der Waals surface area contributed by atoms with E-state index in [1.165, 1.54) is 6.07 Å². The van der Waals surface area contributed by atoms with Gasteiger partial charge in [-0.1, -0.05) is 11.6 Å². The molecule has 1 aliphatic heterocycles. The third kappa shape index (κ3) is 4.33. The number of halogens is 1. The maximum absolute atomic E-state index is 12.0. The number of hydrogen-bond acceptors (Lipinski definition) is 5. The van der Waals surface area contributed by atoms with E-state index in [1.54, 1.807) is 12.1 Å². The van der Waals surface area contributed by atoms with Gasteiger partial charge in [-0.2, -0.15) is 0 Å². The number of rotatable bonds is 4. The number of carbonyl (C=O) groups excluding carboxylic acids is 1. The number of ether oxygens (including phenoxy) is 2. The summed E-state index contributed by atoms with van der Waals surface area (Å²) >= 11 is 5.98. The molecule has 0 radical (unpaired) electrons. The first-order chi connectivity index (χ1) is 9.97. The van der Waals surface area contributed by atoms with Gasteiger partial charge in [0.2, 0.25) is 0 Å². The minimum absolute atomic E-state index is 0.107. The van der Waals surface area contributed by atoms with Gasteiger partial charge in [0.25, 0.3) is 0 Å². The van der Waals surface area contributed by atoms with E-state index < -0.39 is 5.97 Å². The van der Waals surface area contributed by atoms with Crippen molar-refractivity contribution < 1.29 is 14.3 Å². The van der Waals surface area contributed by atoms with E-state index in [9.17, 15) is 4.79 Å². The van der Waals surface area contributed by atoms with Crippen LogP contribution in [0.25, 0.3) is 0 Å². The molecular formula is C15H21ClN2O3. The number of benzene rings is 1. The molecular weight excluding hydrogens is 292 g/mol. The normalized spacial score (nSPS) is 19.7. The smallest absolute Gasteiger partial charge is 0.339 e. The average Bonchev–Trinajstić information content (AvgIpc) is 2.47. The summed E-state index contributed by atoms with van der Waals surface area (Å²) < 4.78 is 10.9. The summed E-state index contributed by atoms with van der Waals surface area (Å²) in [5.74, 6) is -0.474. The topological polar surface area (TPSA) is 64.8 Å². The van der Waals surface area contributed by atoms with Crippen molar-refractivity contribution in [1.29, 1.82) is 0 Å². The molecule has 1 heterocycles. The lowest BCUT2D eigenvalue weighted by Gasteiger charge is -2.35. The molecule has 1 aromatic carbocycles. The summed E-state index contributed by atoms with van der Waals surface area (Å²) in [5.41, 5.74) is 6.42. The molecule has 0 amide bonds. The van der Waals surface area contributed by atoms with Crippen molar-refractivity contribution in [3.8, 4) is 0 Å². The SMILES string of the molecule is CC(C)N1CCOC(COC(=O)c2cc(N)ccc2Cl)C1. The second-order valence-corrected chi connectivity index (χ2v) is 5.83. The lowest BCUT2D eigenvalue weighted by molar-refractivity contribution is -0.0662. The van der Waals surface area contributed by atoms with Gasteiger partial charge in [-0.25, -0.2) is 4.79 Å². The van der Waals surface area contributed by atoms with Gasteiger partial charge >= 0.3 is 5.97 Å². The molecule has 1 aromatic rings. The quantitative estimate of drug-likeness (QED) is 0.682. The summed E-state index contributed by atoms with van der Waals surface area (Å²) in [6, 6.07) is 5.21. The summed E-state index contributed by atoms with van der Waals surface area (Å²) in [4.78, 5) is 14.3. The van der Waals surface area contributed by atoms with E-state index >= 15 is 0 Å². The Morgan fingerprint density at radius 3 is 3.05 bits per heavy atom. The van der Waals surface area contributed by atoms with Crippen molar-refractivity contribution in [1.82, 2.24) is 4.90 Å². The predicted octanol–water partition coefficient (Wildman–Crippen LogP) is 2.19. The molecule has 1 aliphatic rings. The number of nitrogen functional groups attached to an aromatic ring is 1. The van der Waals surface area contributed by atoms with Gasteiger partial charge in [0.05, 0.1) is 17.2 Å². The number of carbonyl (C=O) groups is 1. The van der Waals surface area contributed by atoms with E-state index in [0.29, 0.717) is 23.4 Å². The average molecular weight is 313 g/mol. The molecule has 6 heteroatoms. The Morgan fingerprint density at radius 1 is 1.57 bits per heavy atom.